The first-order valence-corrected chi connectivity index (χ1v) is 10.7. The summed E-state index contributed by atoms with van der Waals surface area (Å²) in [4.78, 5) is 24.1. The number of hydrogen-bond acceptors (Lipinski definition) is 6. The number of methoxy groups -OCH3 is 1. The van der Waals surface area contributed by atoms with E-state index in [1.54, 1.807) is 24.8 Å². The molecule has 0 radical (unpaired) electrons. The van der Waals surface area contributed by atoms with E-state index in [2.05, 4.69) is 15.3 Å². The Morgan fingerprint density at radius 2 is 2.00 bits per heavy atom. The van der Waals surface area contributed by atoms with E-state index in [-0.39, 0.29) is 11.2 Å². The maximum Gasteiger partial charge on any atom is 0.237 e. The molecule has 1 amide bonds. The van der Waals surface area contributed by atoms with E-state index >= 15 is 0 Å². The Labute approximate surface area is 166 Å². The van der Waals surface area contributed by atoms with Crippen molar-refractivity contribution < 1.29 is 9.53 Å². The minimum Gasteiger partial charge on any atom is -0.497 e. The van der Waals surface area contributed by atoms with Gasteiger partial charge in [0, 0.05) is 16.0 Å². The van der Waals surface area contributed by atoms with Crippen molar-refractivity contribution in [2.45, 2.75) is 42.9 Å². The largest absolute Gasteiger partial charge is 0.497 e. The first kappa shape index (κ1) is 18.3. The topological polar surface area (TPSA) is 64.1 Å². The van der Waals surface area contributed by atoms with Gasteiger partial charge < -0.3 is 10.1 Å². The van der Waals surface area contributed by atoms with Crippen LogP contribution in [0.2, 0.25) is 0 Å². The Kier molecular flexibility index (Phi) is 5.31. The number of aromatic nitrogens is 2. The number of carbonyl (C=O) groups excluding carboxylic acids is 1. The molecule has 0 spiro atoms. The van der Waals surface area contributed by atoms with Crippen LogP contribution in [0.4, 0.5) is 5.69 Å². The average molecular weight is 400 g/mol. The monoisotopic (exact) mass is 399 g/mol. The lowest BCUT2D eigenvalue weighted by molar-refractivity contribution is -0.115. The van der Waals surface area contributed by atoms with E-state index in [1.165, 1.54) is 35.0 Å². The Hall–Kier alpha value is -2.12. The number of rotatable bonds is 5. The van der Waals surface area contributed by atoms with Crippen LogP contribution in [-0.2, 0) is 17.6 Å². The van der Waals surface area contributed by atoms with Gasteiger partial charge in [-0.3, -0.25) is 4.79 Å². The number of thiophene rings is 1. The summed E-state index contributed by atoms with van der Waals surface area (Å²) in [6.07, 6.45) is 6.29. The quantitative estimate of drug-likeness (QED) is 0.498. The number of hydrogen-bond donors (Lipinski definition) is 1. The predicted molar refractivity (Wildman–Crippen MR) is 111 cm³/mol. The van der Waals surface area contributed by atoms with Gasteiger partial charge in [-0.2, -0.15) is 0 Å². The molecule has 0 bridgehead atoms. The summed E-state index contributed by atoms with van der Waals surface area (Å²) in [6, 6.07) is 7.34. The number of nitrogens with one attached hydrogen (secondary N) is 1. The minimum absolute atomic E-state index is 0.0407. The Bertz CT molecular complexity index is 969. The summed E-state index contributed by atoms with van der Waals surface area (Å²) in [7, 11) is 1.62. The van der Waals surface area contributed by atoms with Gasteiger partial charge >= 0.3 is 0 Å². The Balaban J connectivity index is 1.52. The summed E-state index contributed by atoms with van der Waals surface area (Å²) in [5.74, 6) is 0.724. The highest BCUT2D eigenvalue weighted by atomic mass is 32.2. The van der Waals surface area contributed by atoms with Crippen molar-refractivity contribution in [3.63, 3.8) is 0 Å². The van der Waals surface area contributed by atoms with Crippen LogP contribution in [0.5, 0.6) is 5.75 Å². The maximum atomic E-state index is 12.6. The molecule has 1 atom stereocenters. The van der Waals surface area contributed by atoms with E-state index in [1.807, 2.05) is 31.2 Å². The standard InChI is InChI=1S/C20H21N3O2S2/c1-12(18(24)23-13-7-9-14(25-2)10-8-13)26-19-17-15-5-3-4-6-16(15)27-20(17)22-11-21-19/h7-12H,3-6H2,1-2H3,(H,23,24). The molecular formula is C20H21N3O2S2. The second-order valence-electron chi connectivity index (χ2n) is 6.55. The van der Waals surface area contributed by atoms with E-state index in [4.69, 9.17) is 4.74 Å². The van der Waals surface area contributed by atoms with E-state index < -0.39 is 0 Å². The van der Waals surface area contributed by atoms with E-state index in [9.17, 15) is 4.79 Å². The molecule has 0 aliphatic heterocycles. The van der Waals surface area contributed by atoms with Crippen LogP contribution >= 0.6 is 23.1 Å². The average Bonchev–Trinajstić information content (AvgIpc) is 3.08. The molecule has 2 heterocycles. The van der Waals surface area contributed by atoms with Gasteiger partial charge in [0.15, 0.2) is 0 Å². The smallest absolute Gasteiger partial charge is 0.237 e. The van der Waals surface area contributed by atoms with Crippen LogP contribution in [0.3, 0.4) is 0 Å². The highest BCUT2D eigenvalue weighted by Gasteiger charge is 2.23. The molecule has 7 heteroatoms. The summed E-state index contributed by atoms with van der Waals surface area (Å²) in [5.41, 5.74) is 2.15. The van der Waals surface area contributed by atoms with Crippen molar-refractivity contribution in [3.05, 3.63) is 41.0 Å². The Morgan fingerprint density at radius 3 is 2.78 bits per heavy atom. The minimum atomic E-state index is -0.260. The first-order valence-electron chi connectivity index (χ1n) is 9.02. The highest BCUT2D eigenvalue weighted by molar-refractivity contribution is 8.00. The second kappa shape index (κ2) is 7.86. The molecule has 1 aliphatic carbocycles. The van der Waals surface area contributed by atoms with Gasteiger partial charge in [-0.15, -0.1) is 11.3 Å². The summed E-state index contributed by atoms with van der Waals surface area (Å²) in [6.45, 7) is 1.91. The van der Waals surface area contributed by atoms with Crippen molar-refractivity contribution in [2.75, 3.05) is 12.4 Å². The predicted octanol–water partition coefficient (Wildman–Crippen LogP) is 4.70. The normalized spacial score (nSPS) is 14.6. The van der Waals surface area contributed by atoms with Gasteiger partial charge in [-0.25, -0.2) is 9.97 Å². The zero-order valence-electron chi connectivity index (χ0n) is 15.3. The van der Waals surface area contributed by atoms with Crippen molar-refractivity contribution in [1.29, 1.82) is 0 Å². The fourth-order valence-electron chi connectivity index (χ4n) is 3.29. The molecule has 1 aromatic carbocycles. The summed E-state index contributed by atoms with van der Waals surface area (Å²) in [5, 5.41) is 4.77. The molecular weight excluding hydrogens is 378 g/mol. The van der Waals surface area contributed by atoms with Crippen LogP contribution in [-0.4, -0.2) is 28.2 Å². The Morgan fingerprint density at radius 1 is 1.22 bits per heavy atom. The zero-order valence-corrected chi connectivity index (χ0v) is 17.0. The molecule has 3 aromatic rings. The molecule has 27 heavy (non-hydrogen) atoms. The molecule has 0 saturated heterocycles. The number of ether oxygens (including phenoxy) is 1. The highest BCUT2D eigenvalue weighted by Crippen LogP contribution is 2.40. The number of nitrogens with zero attached hydrogens (tertiary/aromatic N) is 2. The fraction of sp³-hybridized carbons (Fsp3) is 0.350. The molecule has 140 valence electrons. The maximum absolute atomic E-state index is 12.6. The zero-order chi connectivity index (χ0) is 18.8. The van der Waals surface area contributed by atoms with Gasteiger partial charge in [0.05, 0.1) is 12.4 Å². The number of aryl methyl sites for hydroxylation is 2. The van der Waals surface area contributed by atoms with Gasteiger partial charge in [-0.1, -0.05) is 11.8 Å². The van der Waals surface area contributed by atoms with Crippen LogP contribution in [0, 0.1) is 0 Å². The number of fused-ring (bicyclic) bond motifs is 3. The number of benzene rings is 1. The molecule has 4 rings (SSSR count). The van der Waals surface area contributed by atoms with Crippen LogP contribution < -0.4 is 10.1 Å². The molecule has 0 fully saturated rings. The molecule has 2 aromatic heterocycles. The third-order valence-electron chi connectivity index (χ3n) is 4.73. The van der Waals surface area contributed by atoms with E-state index in [0.717, 1.165) is 39.5 Å². The van der Waals surface area contributed by atoms with Crippen LogP contribution in [0.1, 0.15) is 30.2 Å². The molecule has 1 N–H and O–H groups in total. The van der Waals surface area contributed by atoms with Crippen LogP contribution in [0.25, 0.3) is 10.2 Å². The lowest BCUT2D eigenvalue weighted by Gasteiger charge is -2.14. The van der Waals surface area contributed by atoms with Gasteiger partial charge in [0.1, 0.15) is 21.9 Å². The first-order chi connectivity index (χ1) is 13.2. The molecule has 5 nitrogen and oxygen atoms in total. The molecule has 1 aliphatic rings. The summed E-state index contributed by atoms with van der Waals surface area (Å²) < 4.78 is 5.15. The molecule has 1 unspecified atom stereocenters. The second-order valence-corrected chi connectivity index (χ2v) is 8.96. The lowest BCUT2D eigenvalue weighted by Crippen LogP contribution is -2.22. The third-order valence-corrected chi connectivity index (χ3v) is 7.03. The SMILES string of the molecule is COc1ccc(NC(=O)C(C)Sc2ncnc3sc4c(c23)CCCC4)cc1. The van der Waals surface area contributed by atoms with Crippen LogP contribution in [0.15, 0.2) is 35.6 Å². The number of thioether (sulfide) groups is 1. The van der Waals surface area contributed by atoms with Crippen molar-refractivity contribution >= 4 is 44.9 Å². The van der Waals surface area contributed by atoms with Gasteiger partial charge in [0.25, 0.3) is 0 Å². The number of carbonyl (C=O) groups is 1. The molecule has 0 saturated carbocycles. The summed E-state index contributed by atoms with van der Waals surface area (Å²) >= 11 is 3.28. The fourth-order valence-corrected chi connectivity index (χ4v) is 5.53. The number of amides is 1. The number of anilines is 1. The lowest BCUT2D eigenvalue weighted by atomic mass is 9.97. The van der Waals surface area contributed by atoms with Gasteiger partial charge in [-0.05, 0) is 62.4 Å². The van der Waals surface area contributed by atoms with Crippen molar-refractivity contribution in [3.8, 4) is 5.75 Å². The van der Waals surface area contributed by atoms with Crippen molar-refractivity contribution in [1.82, 2.24) is 9.97 Å². The van der Waals surface area contributed by atoms with Crippen molar-refractivity contribution in [2.24, 2.45) is 0 Å². The van der Waals surface area contributed by atoms with Gasteiger partial charge in [0.2, 0.25) is 5.91 Å². The van der Waals surface area contributed by atoms with E-state index in [0.29, 0.717) is 0 Å². The third kappa shape index (κ3) is 3.80.